The number of benzene rings is 3. The Morgan fingerprint density at radius 1 is 0.889 bits per heavy atom. The van der Waals surface area contributed by atoms with Gasteiger partial charge in [-0.05, 0) is 29.3 Å². The number of fused-ring (bicyclic) bond motifs is 1. The maximum absolute atomic E-state index is 13.1. The zero-order valence-electron chi connectivity index (χ0n) is 14.5. The first-order valence-corrected chi connectivity index (χ1v) is 9.98. The SMILES string of the molecule is O=c1c2ccccc2nc(SCc2ccccc2)n1Cc1ccccc1Cl. The third-order valence-electron chi connectivity index (χ3n) is 4.32. The standard InChI is InChI=1S/C22H17ClN2OS/c23-19-12-6-4-10-17(19)14-25-21(26)18-11-5-7-13-20(18)24-22(25)27-15-16-8-2-1-3-9-16/h1-13H,14-15H2. The van der Waals surface area contributed by atoms with Crippen LogP contribution in [0.5, 0.6) is 0 Å². The minimum Gasteiger partial charge on any atom is -0.283 e. The van der Waals surface area contributed by atoms with Gasteiger partial charge in [0.2, 0.25) is 0 Å². The highest BCUT2D eigenvalue weighted by Gasteiger charge is 2.13. The van der Waals surface area contributed by atoms with E-state index in [-0.39, 0.29) is 5.56 Å². The van der Waals surface area contributed by atoms with Crippen LogP contribution in [0.3, 0.4) is 0 Å². The third-order valence-corrected chi connectivity index (χ3v) is 5.74. The molecule has 0 bridgehead atoms. The summed E-state index contributed by atoms with van der Waals surface area (Å²) >= 11 is 7.89. The van der Waals surface area contributed by atoms with Crippen LogP contribution in [0, 0.1) is 0 Å². The summed E-state index contributed by atoms with van der Waals surface area (Å²) in [6.45, 7) is 0.396. The molecule has 4 rings (SSSR count). The van der Waals surface area contributed by atoms with Gasteiger partial charge in [0, 0.05) is 10.8 Å². The summed E-state index contributed by atoms with van der Waals surface area (Å²) in [5.41, 5.74) is 2.76. The highest BCUT2D eigenvalue weighted by molar-refractivity contribution is 7.98. The molecule has 0 radical (unpaired) electrons. The molecule has 5 heteroatoms. The Balaban J connectivity index is 1.78. The fraction of sp³-hybridized carbons (Fsp3) is 0.0909. The number of nitrogens with zero attached hydrogens (tertiary/aromatic N) is 2. The van der Waals surface area contributed by atoms with Gasteiger partial charge >= 0.3 is 0 Å². The lowest BCUT2D eigenvalue weighted by molar-refractivity contribution is 0.658. The summed E-state index contributed by atoms with van der Waals surface area (Å²) < 4.78 is 1.72. The number of thioether (sulfide) groups is 1. The average Bonchev–Trinajstić information content (AvgIpc) is 2.71. The molecule has 0 aliphatic rings. The average molecular weight is 393 g/mol. The lowest BCUT2D eigenvalue weighted by atomic mass is 10.2. The fourth-order valence-corrected chi connectivity index (χ4v) is 4.07. The van der Waals surface area contributed by atoms with Gasteiger partial charge in [0.15, 0.2) is 5.16 Å². The van der Waals surface area contributed by atoms with E-state index >= 15 is 0 Å². The summed E-state index contributed by atoms with van der Waals surface area (Å²) in [5, 5.41) is 1.97. The van der Waals surface area contributed by atoms with Crippen LogP contribution in [0.15, 0.2) is 88.8 Å². The first-order valence-electron chi connectivity index (χ1n) is 8.62. The van der Waals surface area contributed by atoms with Crippen molar-refractivity contribution in [3.05, 3.63) is 105 Å². The zero-order chi connectivity index (χ0) is 18.6. The van der Waals surface area contributed by atoms with Crippen molar-refractivity contribution in [3.63, 3.8) is 0 Å². The second-order valence-corrected chi connectivity index (χ2v) is 7.52. The van der Waals surface area contributed by atoms with Gasteiger partial charge in [-0.15, -0.1) is 0 Å². The summed E-state index contributed by atoms with van der Waals surface area (Å²) in [5.74, 6) is 0.744. The van der Waals surface area contributed by atoms with Gasteiger partial charge in [-0.1, -0.05) is 84.0 Å². The van der Waals surface area contributed by atoms with Crippen molar-refractivity contribution in [2.45, 2.75) is 17.5 Å². The van der Waals surface area contributed by atoms with Crippen LogP contribution in [-0.2, 0) is 12.3 Å². The number of halogens is 1. The first kappa shape index (κ1) is 17.8. The predicted octanol–water partition coefficient (Wildman–Crippen LogP) is 5.39. The summed E-state index contributed by atoms with van der Waals surface area (Å²) in [6, 6.07) is 25.2. The second-order valence-electron chi connectivity index (χ2n) is 6.17. The molecule has 1 heterocycles. The summed E-state index contributed by atoms with van der Waals surface area (Å²) in [6.07, 6.45) is 0. The molecular formula is C22H17ClN2OS. The van der Waals surface area contributed by atoms with Crippen LogP contribution in [0.4, 0.5) is 0 Å². The van der Waals surface area contributed by atoms with Crippen LogP contribution in [-0.4, -0.2) is 9.55 Å². The lowest BCUT2D eigenvalue weighted by Crippen LogP contribution is -2.24. The number of aromatic nitrogens is 2. The molecule has 0 N–H and O–H groups in total. The minimum absolute atomic E-state index is 0.0453. The van der Waals surface area contributed by atoms with Crippen molar-refractivity contribution in [3.8, 4) is 0 Å². The quantitative estimate of drug-likeness (QED) is 0.337. The van der Waals surface area contributed by atoms with Crippen LogP contribution in [0.2, 0.25) is 5.02 Å². The molecule has 3 nitrogen and oxygen atoms in total. The Morgan fingerprint density at radius 3 is 2.41 bits per heavy atom. The molecular weight excluding hydrogens is 376 g/mol. The van der Waals surface area contributed by atoms with E-state index in [0.717, 1.165) is 11.3 Å². The number of hydrogen-bond acceptors (Lipinski definition) is 3. The maximum atomic E-state index is 13.1. The van der Waals surface area contributed by atoms with Gasteiger partial charge in [0.1, 0.15) is 0 Å². The van der Waals surface area contributed by atoms with Gasteiger partial charge in [-0.2, -0.15) is 0 Å². The van der Waals surface area contributed by atoms with E-state index in [4.69, 9.17) is 16.6 Å². The minimum atomic E-state index is -0.0453. The van der Waals surface area contributed by atoms with Gasteiger partial charge in [-0.25, -0.2) is 4.98 Å². The summed E-state index contributed by atoms with van der Waals surface area (Å²) in [7, 11) is 0. The molecule has 0 aliphatic heterocycles. The van der Waals surface area contributed by atoms with Gasteiger partial charge < -0.3 is 0 Å². The molecule has 0 unspecified atom stereocenters. The van der Waals surface area contributed by atoms with Crippen molar-refractivity contribution < 1.29 is 0 Å². The summed E-state index contributed by atoms with van der Waals surface area (Å²) in [4.78, 5) is 17.9. The van der Waals surface area contributed by atoms with Crippen molar-refractivity contribution >= 4 is 34.3 Å². The van der Waals surface area contributed by atoms with Crippen molar-refractivity contribution in [1.82, 2.24) is 9.55 Å². The van der Waals surface area contributed by atoms with E-state index in [1.54, 1.807) is 16.3 Å². The van der Waals surface area contributed by atoms with E-state index in [2.05, 4.69) is 12.1 Å². The van der Waals surface area contributed by atoms with Crippen molar-refractivity contribution in [2.24, 2.45) is 0 Å². The molecule has 0 atom stereocenters. The third kappa shape index (κ3) is 3.92. The number of hydrogen-bond donors (Lipinski definition) is 0. The van der Waals surface area contributed by atoms with E-state index in [1.165, 1.54) is 5.56 Å². The van der Waals surface area contributed by atoms with E-state index < -0.39 is 0 Å². The van der Waals surface area contributed by atoms with Gasteiger partial charge in [-0.3, -0.25) is 9.36 Å². The molecule has 0 spiro atoms. The molecule has 0 saturated heterocycles. The molecule has 1 aromatic heterocycles. The molecule has 4 aromatic rings. The highest BCUT2D eigenvalue weighted by Crippen LogP contribution is 2.24. The first-order chi connectivity index (χ1) is 13.2. The van der Waals surface area contributed by atoms with Crippen LogP contribution >= 0.6 is 23.4 Å². The van der Waals surface area contributed by atoms with E-state index in [1.807, 2.05) is 66.7 Å². The van der Waals surface area contributed by atoms with Gasteiger partial charge in [0.05, 0.1) is 17.4 Å². The normalized spacial score (nSPS) is 11.0. The van der Waals surface area contributed by atoms with Crippen molar-refractivity contribution in [1.29, 1.82) is 0 Å². The Kier molecular flexibility index (Phi) is 5.28. The Hall–Kier alpha value is -2.56. The van der Waals surface area contributed by atoms with Crippen LogP contribution < -0.4 is 5.56 Å². The smallest absolute Gasteiger partial charge is 0.262 e. The largest absolute Gasteiger partial charge is 0.283 e. The molecule has 0 fully saturated rings. The second kappa shape index (κ2) is 7.99. The molecule has 3 aromatic carbocycles. The van der Waals surface area contributed by atoms with Crippen LogP contribution in [0.25, 0.3) is 10.9 Å². The predicted molar refractivity (Wildman–Crippen MR) is 113 cm³/mol. The Bertz CT molecular complexity index is 1140. The Morgan fingerprint density at radius 2 is 1.59 bits per heavy atom. The van der Waals surface area contributed by atoms with Crippen LogP contribution in [0.1, 0.15) is 11.1 Å². The molecule has 134 valence electrons. The fourth-order valence-electron chi connectivity index (χ4n) is 2.92. The molecule has 0 aliphatic carbocycles. The Labute approximate surface area is 166 Å². The molecule has 0 saturated carbocycles. The van der Waals surface area contributed by atoms with E-state index in [0.29, 0.717) is 27.6 Å². The monoisotopic (exact) mass is 392 g/mol. The molecule has 27 heavy (non-hydrogen) atoms. The van der Waals surface area contributed by atoms with Gasteiger partial charge in [0.25, 0.3) is 5.56 Å². The highest BCUT2D eigenvalue weighted by atomic mass is 35.5. The zero-order valence-corrected chi connectivity index (χ0v) is 16.1. The van der Waals surface area contributed by atoms with Crippen molar-refractivity contribution in [2.75, 3.05) is 0 Å². The topological polar surface area (TPSA) is 34.9 Å². The molecule has 0 amide bonds. The number of para-hydroxylation sites is 1. The lowest BCUT2D eigenvalue weighted by Gasteiger charge is -2.14. The van der Waals surface area contributed by atoms with E-state index in [9.17, 15) is 4.79 Å². The number of rotatable bonds is 5. The maximum Gasteiger partial charge on any atom is 0.262 e.